The molecule has 3 N–H and O–H groups in total. The van der Waals surface area contributed by atoms with Crippen LogP contribution in [0, 0.1) is 5.92 Å². The van der Waals surface area contributed by atoms with E-state index in [1.165, 1.54) is 57.9 Å². The largest absolute Gasteiger partial charge is 0.368 e. The van der Waals surface area contributed by atoms with Crippen molar-refractivity contribution >= 4 is 5.91 Å². The number of primary amides is 1. The molecule has 0 radical (unpaired) electrons. The first-order valence-corrected chi connectivity index (χ1v) is 8.53. The Morgan fingerprint density at radius 3 is 2.55 bits per heavy atom. The van der Waals surface area contributed by atoms with E-state index >= 15 is 0 Å². The van der Waals surface area contributed by atoms with Gasteiger partial charge in [-0.05, 0) is 57.4 Å². The molecule has 0 aromatic carbocycles. The van der Waals surface area contributed by atoms with Crippen molar-refractivity contribution in [1.29, 1.82) is 0 Å². The Morgan fingerprint density at radius 1 is 1.15 bits per heavy atom. The molecule has 0 aromatic heterocycles. The number of nitrogens with one attached hydrogen (secondary N) is 1. The van der Waals surface area contributed by atoms with Gasteiger partial charge in [-0.3, -0.25) is 4.79 Å². The van der Waals surface area contributed by atoms with Crippen molar-refractivity contribution in [2.45, 2.75) is 75.9 Å². The van der Waals surface area contributed by atoms with Crippen LogP contribution in [0.5, 0.6) is 0 Å². The van der Waals surface area contributed by atoms with Crippen molar-refractivity contribution in [2.24, 2.45) is 11.7 Å². The first kappa shape index (κ1) is 14.3. The molecule has 3 fully saturated rings. The van der Waals surface area contributed by atoms with Crippen molar-refractivity contribution in [1.82, 2.24) is 10.2 Å². The van der Waals surface area contributed by atoms with Crippen LogP contribution in [0.2, 0.25) is 0 Å². The lowest BCUT2D eigenvalue weighted by Gasteiger charge is -2.30. The van der Waals surface area contributed by atoms with Gasteiger partial charge in [0, 0.05) is 18.6 Å². The van der Waals surface area contributed by atoms with Crippen LogP contribution in [0.15, 0.2) is 0 Å². The summed E-state index contributed by atoms with van der Waals surface area (Å²) in [6, 6.07) is 1.22. The van der Waals surface area contributed by atoms with E-state index in [0.717, 1.165) is 24.9 Å². The Balaban J connectivity index is 1.48. The lowest BCUT2D eigenvalue weighted by atomic mass is 9.96. The highest BCUT2D eigenvalue weighted by Gasteiger charge is 2.34. The standard InChI is InChI=1S/C16H29N3O/c17-16(20)14(18-13-7-8-13)9-11-19-10-3-6-15(19)12-4-1-2-5-12/h12-15,18H,1-11H2,(H2,17,20). The molecule has 114 valence electrons. The molecule has 1 saturated heterocycles. The minimum atomic E-state index is -0.173. The van der Waals surface area contributed by atoms with E-state index in [9.17, 15) is 4.79 Å². The molecule has 4 heteroatoms. The molecule has 0 spiro atoms. The van der Waals surface area contributed by atoms with Gasteiger partial charge in [-0.1, -0.05) is 12.8 Å². The number of amides is 1. The van der Waals surface area contributed by atoms with Crippen LogP contribution in [-0.2, 0) is 4.79 Å². The van der Waals surface area contributed by atoms with Gasteiger partial charge in [-0.15, -0.1) is 0 Å². The highest BCUT2D eigenvalue weighted by atomic mass is 16.1. The molecule has 2 aliphatic carbocycles. The zero-order chi connectivity index (χ0) is 13.9. The van der Waals surface area contributed by atoms with E-state index in [0.29, 0.717) is 6.04 Å². The zero-order valence-electron chi connectivity index (χ0n) is 12.5. The fourth-order valence-corrected chi connectivity index (χ4v) is 4.14. The molecule has 0 bridgehead atoms. The predicted molar refractivity (Wildman–Crippen MR) is 80.3 cm³/mol. The van der Waals surface area contributed by atoms with Crippen LogP contribution in [0.4, 0.5) is 0 Å². The number of nitrogens with two attached hydrogens (primary N) is 1. The van der Waals surface area contributed by atoms with Gasteiger partial charge >= 0.3 is 0 Å². The third-order valence-electron chi connectivity index (χ3n) is 5.42. The highest BCUT2D eigenvalue weighted by Crippen LogP contribution is 2.35. The number of carbonyl (C=O) groups is 1. The van der Waals surface area contributed by atoms with Gasteiger partial charge in [0.05, 0.1) is 6.04 Å². The number of hydrogen-bond donors (Lipinski definition) is 2. The van der Waals surface area contributed by atoms with Crippen LogP contribution in [0.1, 0.15) is 57.8 Å². The van der Waals surface area contributed by atoms with Gasteiger partial charge in [-0.25, -0.2) is 0 Å². The van der Waals surface area contributed by atoms with Crippen molar-refractivity contribution in [2.75, 3.05) is 13.1 Å². The molecule has 1 amide bonds. The van der Waals surface area contributed by atoms with Gasteiger partial charge in [0.15, 0.2) is 0 Å². The fraction of sp³-hybridized carbons (Fsp3) is 0.938. The number of nitrogens with zero attached hydrogens (tertiary/aromatic N) is 1. The molecule has 2 saturated carbocycles. The molecule has 20 heavy (non-hydrogen) atoms. The van der Waals surface area contributed by atoms with E-state index < -0.39 is 0 Å². The minimum absolute atomic E-state index is 0.118. The Bertz CT molecular complexity index is 337. The van der Waals surface area contributed by atoms with Crippen LogP contribution in [-0.4, -0.2) is 42.0 Å². The molecule has 3 rings (SSSR count). The van der Waals surface area contributed by atoms with E-state index in [2.05, 4.69) is 10.2 Å². The zero-order valence-corrected chi connectivity index (χ0v) is 12.5. The Hall–Kier alpha value is -0.610. The molecule has 4 nitrogen and oxygen atoms in total. The SMILES string of the molecule is NC(=O)C(CCN1CCCC1C1CCCC1)NC1CC1. The maximum Gasteiger partial charge on any atom is 0.234 e. The van der Waals surface area contributed by atoms with Gasteiger partial charge in [0.1, 0.15) is 0 Å². The Morgan fingerprint density at radius 2 is 1.90 bits per heavy atom. The van der Waals surface area contributed by atoms with E-state index in [1.54, 1.807) is 0 Å². The molecular formula is C16H29N3O. The maximum atomic E-state index is 11.5. The van der Waals surface area contributed by atoms with Gasteiger partial charge in [-0.2, -0.15) is 0 Å². The summed E-state index contributed by atoms with van der Waals surface area (Å²) in [7, 11) is 0. The lowest BCUT2D eigenvalue weighted by Crippen LogP contribution is -2.45. The van der Waals surface area contributed by atoms with Gasteiger partial charge in [0.2, 0.25) is 5.91 Å². The predicted octanol–water partition coefficient (Wildman–Crippen LogP) is 1.64. The summed E-state index contributed by atoms with van der Waals surface area (Å²) in [6.45, 7) is 2.25. The summed E-state index contributed by atoms with van der Waals surface area (Å²) in [6.07, 6.45) is 11.7. The molecular weight excluding hydrogens is 250 g/mol. The van der Waals surface area contributed by atoms with Gasteiger partial charge < -0.3 is 16.0 Å². The molecule has 1 aliphatic heterocycles. The molecule has 0 aromatic rings. The smallest absolute Gasteiger partial charge is 0.234 e. The lowest BCUT2D eigenvalue weighted by molar-refractivity contribution is -0.120. The summed E-state index contributed by atoms with van der Waals surface area (Å²) in [5.41, 5.74) is 5.53. The number of carbonyl (C=O) groups excluding carboxylic acids is 1. The van der Waals surface area contributed by atoms with E-state index in [1.807, 2.05) is 0 Å². The summed E-state index contributed by atoms with van der Waals surface area (Å²) >= 11 is 0. The van der Waals surface area contributed by atoms with Crippen molar-refractivity contribution < 1.29 is 4.79 Å². The highest BCUT2D eigenvalue weighted by molar-refractivity contribution is 5.79. The fourth-order valence-electron chi connectivity index (χ4n) is 4.14. The molecule has 2 atom stereocenters. The Kier molecular flexibility index (Phi) is 4.61. The third kappa shape index (κ3) is 3.53. The second kappa shape index (κ2) is 6.44. The number of rotatable bonds is 7. The Labute approximate surface area is 122 Å². The van der Waals surface area contributed by atoms with Crippen LogP contribution < -0.4 is 11.1 Å². The normalized spacial score (nSPS) is 29.9. The van der Waals surface area contributed by atoms with Crippen LogP contribution >= 0.6 is 0 Å². The monoisotopic (exact) mass is 279 g/mol. The van der Waals surface area contributed by atoms with E-state index in [-0.39, 0.29) is 11.9 Å². The molecule has 2 unspecified atom stereocenters. The molecule has 1 heterocycles. The summed E-state index contributed by atoms with van der Waals surface area (Å²) in [4.78, 5) is 14.2. The van der Waals surface area contributed by atoms with Crippen molar-refractivity contribution in [3.8, 4) is 0 Å². The van der Waals surface area contributed by atoms with Crippen molar-refractivity contribution in [3.63, 3.8) is 0 Å². The van der Waals surface area contributed by atoms with E-state index in [4.69, 9.17) is 5.73 Å². The summed E-state index contributed by atoms with van der Waals surface area (Å²) in [5, 5.41) is 3.40. The summed E-state index contributed by atoms with van der Waals surface area (Å²) < 4.78 is 0. The maximum absolute atomic E-state index is 11.5. The second-order valence-corrected chi connectivity index (χ2v) is 6.97. The first-order valence-electron chi connectivity index (χ1n) is 8.53. The average Bonchev–Trinajstić information content (AvgIpc) is 2.93. The van der Waals surface area contributed by atoms with Crippen LogP contribution in [0.25, 0.3) is 0 Å². The topological polar surface area (TPSA) is 58.4 Å². The van der Waals surface area contributed by atoms with Crippen LogP contribution in [0.3, 0.4) is 0 Å². The number of likely N-dealkylation sites (tertiary alicyclic amines) is 1. The summed E-state index contributed by atoms with van der Waals surface area (Å²) in [5.74, 6) is 0.745. The first-order chi connectivity index (χ1) is 9.74. The van der Waals surface area contributed by atoms with Gasteiger partial charge in [0.25, 0.3) is 0 Å². The quantitative estimate of drug-likeness (QED) is 0.745. The van der Waals surface area contributed by atoms with Crippen molar-refractivity contribution in [3.05, 3.63) is 0 Å². The molecule has 3 aliphatic rings. The minimum Gasteiger partial charge on any atom is -0.368 e. The average molecular weight is 279 g/mol. The number of hydrogen-bond acceptors (Lipinski definition) is 3. The third-order valence-corrected chi connectivity index (χ3v) is 5.42. The second-order valence-electron chi connectivity index (χ2n) is 6.97.